The maximum absolute atomic E-state index is 4.42. The Hall–Kier alpha value is -1.61. The molecule has 2 rings (SSSR count). The minimum absolute atomic E-state index is 0.494. The van der Waals surface area contributed by atoms with Crippen LogP contribution < -0.4 is 5.32 Å². The van der Waals surface area contributed by atoms with Crippen molar-refractivity contribution in [1.82, 2.24) is 15.3 Å². The molecular formula is C15H21N3. The summed E-state index contributed by atoms with van der Waals surface area (Å²) in [5.41, 5.74) is 3.74. The van der Waals surface area contributed by atoms with Gasteiger partial charge in [0, 0.05) is 30.9 Å². The van der Waals surface area contributed by atoms with Crippen molar-refractivity contribution in [2.45, 2.75) is 39.8 Å². The van der Waals surface area contributed by atoms with Gasteiger partial charge >= 0.3 is 0 Å². The molecule has 3 nitrogen and oxygen atoms in total. The highest BCUT2D eigenvalue weighted by atomic mass is 15.0. The van der Waals surface area contributed by atoms with Crippen LogP contribution in [0.1, 0.15) is 36.5 Å². The largest absolute Gasteiger partial charge is 0.345 e. The van der Waals surface area contributed by atoms with E-state index in [4.69, 9.17) is 0 Å². The standard InChI is InChI=1S/C15H21N3/c1-11(2)16-9-14-10-17-15(18-14)8-13-6-4-5-12(3)7-13/h4-7,10-11,16H,8-9H2,1-3H3,(H,17,18). The van der Waals surface area contributed by atoms with Crippen molar-refractivity contribution in [1.29, 1.82) is 0 Å². The average Bonchev–Trinajstić information content (AvgIpc) is 2.74. The summed E-state index contributed by atoms with van der Waals surface area (Å²) in [4.78, 5) is 7.79. The van der Waals surface area contributed by atoms with Gasteiger partial charge in [0.25, 0.3) is 0 Å². The highest BCUT2D eigenvalue weighted by Crippen LogP contribution is 2.09. The van der Waals surface area contributed by atoms with Gasteiger partial charge in [-0.05, 0) is 12.5 Å². The first kappa shape index (κ1) is 12.8. The highest BCUT2D eigenvalue weighted by molar-refractivity contribution is 5.25. The van der Waals surface area contributed by atoms with Crippen LogP contribution >= 0.6 is 0 Å². The minimum Gasteiger partial charge on any atom is -0.345 e. The molecule has 3 heteroatoms. The van der Waals surface area contributed by atoms with Crippen molar-refractivity contribution in [3.8, 4) is 0 Å². The maximum Gasteiger partial charge on any atom is 0.110 e. The molecular weight excluding hydrogens is 222 g/mol. The molecule has 2 aromatic rings. The van der Waals surface area contributed by atoms with Gasteiger partial charge in [-0.15, -0.1) is 0 Å². The Kier molecular flexibility index (Phi) is 4.15. The number of aromatic amines is 1. The van der Waals surface area contributed by atoms with Gasteiger partial charge in [0.2, 0.25) is 0 Å². The number of nitrogens with zero attached hydrogens (tertiary/aromatic N) is 1. The normalized spacial score (nSPS) is 11.1. The third-order valence-electron chi connectivity index (χ3n) is 2.84. The number of aryl methyl sites for hydroxylation is 1. The number of nitrogens with one attached hydrogen (secondary N) is 2. The summed E-state index contributed by atoms with van der Waals surface area (Å²) in [6.07, 6.45) is 2.78. The van der Waals surface area contributed by atoms with E-state index in [-0.39, 0.29) is 0 Å². The van der Waals surface area contributed by atoms with E-state index in [0.29, 0.717) is 6.04 Å². The van der Waals surface area contributed by atoms with Gasteiger partial charge in [-0.2, -0.15) is 0 Å². The van der Waals surface area contributed by atoms with Crippen molar-refractivity contribution in [2.75, 3.05) is 0 Å². The first-order valence-corrected chi connectivity index (χ1v) is 6.45. The van der Waals surface area contributed by atoms with E-state index in [2.05, 4.69) is 60.3 Å². The van der Waals surface area contributed by atoms with Crippen molar-refractivity contribution in [3.05, 3.63) is 53.1 Å². The summed E-state index contributed by atoms with van der Waals surface area (Å²) in [5, 5.41) is 3.38. The second-order valence-corrected chi connectivity index (χ2v) is 5.06. The summed E-state index contributed by atoms with van der Waals surface area (Å²) in [6, 6.07) is 9.04. The van der Waals surface area contributed by atoms with Gasteiger partial charge in [-0.25, -0.2) is 4.98 Å². The average molecular weight is 243 g/mol. The third kappa shape index (κ3) is 3.70. The lowest BCUT2D eigenvalue weighted by molar-refractivity contribution is 0.582. The van der Waals surface area contributed by atoms with Crippen LogP contribution in [0.5, 0.6) is 0 Å². The van der Waals surface area contributed by atoms with Gasteiger partial charge in [0.15, 0.2) is 0 Å². The number of H-pyrrole nitrogens is 1. The van der Waals surface area contributed by atoms with E-state index in [1.54, 1.807) is 0 Å². The van der Waals surface area contributed by atoms with E-state index in [0.717, 1.165) is 24.5 Å². The lowest BCUT2D eigenvalue weighted by Crippen LogP contribution is -2.21. The molecule has 0 saturated carbocycles. The van der Waals surface area contributed by atoms with Crippen LogP contribution in [-0.2, 0) is 13.0 Å². The second-order valence-electron chi connectivity index (χ2n) is 5.06. The Morgan fingerprint density at radius 1 is 1.33 bits per heavy atom. The molecule has 0 spiro atoms. The summed E-state index contributed by atoms with van der Waals surface area (Å²) in [6.45, 7) is 7.25. The molecule has 96 valence electrons. The Labute approximate surface area is 109 Å². The molecule has 1 aromatic carbocycles. The quantitative estimate of drug-likeness (QED) is 0.847. The van der Waals surface area contributed by atoms with Crippen LogP contribution in [0, 0.1) is 6.92 Å². The van der Waals surface area contributed by atoms with Gasteiger partial charge in [0.1, 0.15) is 5.82 Å². The molecule has 0 saturated heterocycles. The Morgan fingerprint density at radius 2 is 2.17 bits per heavy atom. The zero-order valence-electron chi connectivity index (χ0n) is 11.3. The van der Waals surface area contributed by atoms with E-state index < -0.39 is 0 Å². The number of imidazole rings is 1. The summed E-state index contributed by atoms with van der Waals surface area (Å²) >= 11 is 0. The van der Waals surface area contributed by atoms with Crippen LogP contribution in [0.4, 0.5) is 0 Å². The molecule has 0 unspecified atom stereocenters. The van der Waals surface area contributed by atoms with Crippen molar-refractivity contribution >= 4 is 0 Å². The van der Waals surface area contributed by atoms with E-state index >= 15 is 0 Å². The van der Waals surface area contributed by atoms with Crippen molar-refractivity contribution in [3.63, 3.8) is 0 Å². The fraction of sp³-hybridized carbons (Fsp3) is 0.400. The van der Waals surface area contributed by atoms with Crippen LogP contribution in [0.2, 0.25) is 0 Å². The smallest absolute Gasteiger partial charge is 0.110 e. The van der Waals surface area contributed by atoms with Crippen LogP contribution in [0.15, 0.2) is 30.5 Å². The van der Waals surface area contributed by atoms with Crippen LogP contribution in [0.3, 0.4) is 0 Å². The van der Waals surface area contributed by atoms with Crippen LogP contribution in [0.25, 0.3) is 0 Å². The molecule has 0 aliphatic heterocycles. The molecule has 18 heavy (non-hydrogen) atoms. The lowest BCUT2D eigenvalue weighted by Gasteiger charge is -2.05. The zero-order valence-corrected chi connectivity index (χ0v) is 11.3. The van der Waals surface area contributed by atoms with Crippen LogP contribution in [-0.4, -0.2) is 16.0 Å². The van der Waals surface area contributed by atoms with E-state index in [1.165, 1.54) is 11.1 Å². The van der Waals surface area contributed by atoms with Gasteiger partial charge < -0.3 is 10.3 Å². The van der Waals surface area contributed by atoms with Gasteiger partial charge in [-0.1, -0.05) is 43.7 Å². The predicted octanol–water partition coefficient (Wildman–Crippen LogP) is 2.81. The molecule has 0 radical (unpaired) electrons. The monoisotopic (exact) mass is 243 g/mol. The molecule has 0 aliphatic rings. The SMILES string of the molecule is Cc1cccc(Cc2ncc(CNC(C)C)[nH]2)c1. The first-order valence-electron chi connectivity index (χ1n) is 6.45. The lowest BCUT2D eigenvalue weighted by atomic mass is 10.1. The molecule has 0 atom stereocenters. The molecule has 1 heterocycles. The number of hydrogen-bond acceptors (Lipinski definition) is 2. The fourth-order valence-corrected chi connectivity index (χ4v) is 1.91. The number of benzene rings is 1. The number of rotatable bonds is 5. The summed E-state index contributed by atoms with van der Waals surface area (Å²) in [7, 11) is 0. The van der Waals surface area contributed by atoms with Crippen molar-refractivity contribution < 1.29 is 0 Å². The first-order chi connectivity index (χ1) is 8.63. The second kappa shape index (κ2) is 5.83. The van der Waals surface area contributed by atoms with Gasteiger partial charge in [-0.3, -0.25) is 0 Å². The molecule has 0 fully saturated rings. The third-order valence-corrected chi connectivity index (χ3v) is 2.84. The topological polar surface area (TPSA) is 40.7 Å². The molecule has 0 bridgehead atoms. The minimum atomic E-state index is 0.494. The number of hydrogen-bond donors (Lipinski definition) is 2. The predicted molar refractivity (Wildman–Crippen MR) is 74.5 cm³/mol. The van der Waals surface area contributed by atoms with E-state index in [1.807, 2.05) is 6.20 Å². The zero-order chi connectivity index (χ0) is 13.0. The molecule has 2 N–H and O–H groups in total. The fourth-order valence-electron chi connectivity index (χ4n) is 1.91. The highest BCUT2D eigenvalue weighted by Gasteiger charge is 2.03. The Bertz CT molecular complexity index is 500. The summed E-state index contributed by atoms with van der Waals surface area (Å²) < 4.78 is 0. The molecule has 0 aliphatic carbocycles. The maximum atomic E-state index is 4.42. The summed E-state index contributed by atoms with van der Waals surface area (Å²) in [5.74, 6) is 1.03. The molecule has 1 aromatic heterocycles. The van der Waals surface area contributed by atoms with Crippen molar-refractivity contribution in [2.24, 2.45) is 0 Å². The molecule has 0 amide bonds. The van der Waals surface area contributed by atoms with Gasteiger partial charge in [0.05, 0.1) is 0 Å². The Balaban J connectivity index is 1.98. The van der Waals surface area contributed by atoms with E-state index in [9.17, 15) is 0 Å². The number of aromatic nitrogens is 2. The Morgan fingerprint density at radius 3 is 2.89 bits per heavy atom.